The summed E-state index contributed by atoms with van der Waals surface area (Å²) in [5, 5.41) is 2.85. The third kappa shape index (κ3) is 3.38. The van der Waals surface area contributed by atoms with Gasteiger partial charge in [-0.15, -0.1) is 0 Å². The second-order valence-electron chi connectivity index (χ2n) is 5.16. The molecule has 0 atom stereocenters. The van der Waals surface area contributed by atoms with Gasteiger partial charge < -0.3 is 19.5 Å². The summed E-state index contributed by atoms with van der Waals surface area (Å²) in [6.07, 6.45) is 1.82. The first kappa shape index (κ1) is 16.4. The van der Waals surface area contributed by atoms with Crippen LogP contribution in [-0.4, -0.2) is 26.7 Å². The largest absolute Gasteiger partial charge is 0.497 e. The number of hydrogen-bond donors (Lipinski definition) is 1. The third-order valence-corrected chi connectivity index (χ3v) is 4.12. The lowest BCUT2D eigenvalue weighted by molar-refractivity contribution is -0.113. The van der Waals surface area contributed by atoms with Gasteiger partial charge in [0.15, 0.2) is 0 Å². The molecule has 0 aromatic heterocycles. The predicted molar refractivity (Wildman–Crippen MR) is 95.8 cm³/mol. The molecule has 6 heteroatoms. The number of carbonyl (C=O) groups is 1. The molecule has 0 spiro atoms. The Labute approximate surface area is 148 Å². The summed E-state index contributed by atoms with van der Waals surface area (Å²) in [7, 11) is 3.12. The molecule has 0 fully saturated rings. The van der Waals surface area contributed by atoms with E-state index in [4.69, 9.17) is 14.2 Å². The van der Waals surface area contributed by atoms with Crippen LogP contribution in [-0.2, 0) is 4.79 Å². The molecular formula is C18H16BrNO4. The van der Waals surface area contributed by atoms with Crippen LogP contribution in [0.3, 0.4) is 0 Å². The highest BCUT2D eigenvalue weighted by Crippen LogP contribution is 2.32. The molecule has 5 nitrogen and oxygen atoms in total. The Morgan fingerprint density at radius 3 is 2.75 bits per heavy atom. The van der Waals surface area contributed by atoms with Gasteiger partial charge in [-0.25, -0.2) is 0 Å². The smallest absolute Gasteiger partial charge is 0.255 e. The van der Waals surface area contributed by atoms with Crippen molar-refractivity contribution in [2.75, 3.05) is 26.1 Å². The van der Waals surface area contributed by atoms with Crippen molar-refractivity contribution in [3.8, 4) is 17.2 Å². The molecular weight excluding hydrogens is 374 g/mol. The molecule has 0 saturated heterocycles. The summed E-state index contributed by atoms with van der Waals surface area (Å²) in [5.74, 6) is 1.71. The maximum atomic E-state index is 12.6. The van der Waals surface area contributed by atoms with Gasteiger partial charge >= 0.3 is 0 Å². The molecule has 1 aliphatic heterocycles. The van der Waals surface area contributed by atoms with Crippen LogP contribution in [0.5, 0.6) is 17.2 Å². The average Bonchev–Trinajstić information content (AvgIpc) is 2.60. The second-order valence-corrected chi connectivity index (χ2v) is 6.08. The van der Waals surface area contributed by atoms with Gasteiger partial charge in [0.1, 0.15) is 23.9 Å². The van der Waals surface area contributed by atoms with Gasteiger partial charge in [-0.2, -0.15) is 0 Å². The summed E-state index contributed by atoms with van der Waals surface area (Å²) < 4.78 is 17.0. The molecule has 24 heavy (non-hydrogen) atoms. The number of carbonyl (C=O) groups excluding carboxylic acids is 1. The fourth-order valence-corrected chi connectivity index (χ4v) is 2.77. The zero-order chi connectivity index (χ0) is 17.1. The predicted octanol–water partition coefficient (Wildman–Crippen LogP) is 3.88. The highest BCUT2D eigenvalue weighted by atomic mass is 79.9. The number of halogens is 1. The fraction of sp³-hybridized carbons (Fsp3) is 0.167. The van der Waals surface area contributed by atoms with E-state index < -0.39 is 0 Å². The molecule has 1 aliphatic rings. The first-order valence-electron chi connectivity index (χ1n) is 7.27. The first-order valence-corrected chi connectivity index (χ1v) is 8.06. The molecule has 0 aliphatic carbocycles. The Morgan fingerprint density at radius 1 is 1.17 bits per heavy atom. The quantitative estimate of drug-likeness (QED) is 0.861. The summed E-state index contributed by atoms with van der Waals surface area (Å²) in [6.45, 7) is 0.215. The standard InChI is InChI=1S/C18H16BrNO4/c1-22-14-4-6-17(23-2)15(9-14)20-18(21)12-7-11-8-13(19)3-5-16(11)24-10-12/h3-9H,10H2,1-2H3,(H,20,21). The minimum absolute atomic E-state index is 0.215. The number of ether oxygens (including phenoxy) is 3. The number of benzene rings is 2. The van der Waals surface area contributed by atoms with Crippen molar-refractivity contribution in [1.29, 1.82) is 0 Å². The molecule has 3 rings (SSSR count). The van der Waals surface area contributed by atoms with Crippen molar-refractivity contribution in [3.63, 3.8) is 0 Å². The Bertz CT molecular complexity index is 817. The molecule has 0 saturated carbocycles. The topological polar surface area (TPSA) is 56.8 Å². The van der Waals surface area contributed by atoms with Crippen LogP contribution in [0.2, 0.25) is 0 Å². The zero-order valence-electron chi connectivity index (χ0n) is 13.3. The van der Waals surface area contributed by atoms with E-state index in [1.54, 1.807) is 32.4 Å². The number of nitrogens with one attached hydrogen (secondary N) is 1. The monoisotopic (exact) mass is 389 g/mol. The molecule has 0 bridgehead atoms. The lowest BCUT2D eigenvalue weighted by atomic mass is 10.1. The van der Waals surface area contributed by atoms with Crippen molar-refractivity contribution in [3.05, 3.63) is 52.0 Å². The van der Waals surface area contributed by atoms with Crippen LogP contribution < -0.4 is 19.5 Å². The van der Waals surface area contributed by atoms with E-state index in [2.05, 4.69) is 21.2 Å². The highest BCUT2D eigenvalue weighted by molar-refractivity contribution is 9.10. The number of hydrogen-bond acceptors (Lipinski definition) is 4. The van der Waals surface area contributed by atoms with E-state index in [9.17, 15) is 4.79 Å². The van der Waals surface area contributed by atoms with E-state index in [-0.39, 0.29) is 12.5 Å². The fourth-order valence-electron chi connectivity index (χ4n) is 2.39. The molecule has 124 valence electrons. The summed E-state index contributed by atoms with van der Waals surface area (Å²) in [4.78, 5) is 12.6. The second kappa shape index (κ2) is 6.97. The minimum atomic E-state index is -0.243. The van der Waals surface area contributed by atoms with Crippen molar-refractivity contribution in [2.45, 2.75) is 0 Å². The molecule has 1 amide bonds. The van der Waals surface area contributed by atoms with Gasteiger partial charge in [0.05, 0.1) is 25.5 Å². The average molecular weight is 390 g/mol. The highest BCUT2D eigenvalue weighted by Gasteiger charge is 2.19. The van der Waals surface area contributed by atoms with Crippen LogP contribution in [0.25, 0.3) is 6.08 Å². The molecule has 0 radical (unpaired) electrons. The Balaban J connectivity index is 1.86. The summed E-state index contributed by atoms with van der Waals surface area (Å²) in [6, 6.07) is 10.9. The number of fused-ring (bicyclic) bond motifs is 1. The number of amides is 1. The molecule has 2 aromatic carbocycles. The van der Waals surface area contributed by atoms with Crippen molar-refractivity contribution >= 4 is 33.6 Å². The maximum Gasteiger partial charge on any atom is 0.255 e. The van der Waals surface area contributed by atoms with Crippen molar-refractivity contribution < 1.29 is 19.0 Å². The van der Waals surface area contributed by atoms with Gasteiger partial charge in [0, 0.05) is 16.1 Å². The van der Waals surface area contributed by atoms with Gasteiger partial charge in [0.2, 0.25) is 0 Å². The normalized spacial score (nSPS) is 12.5. The van der Waals surface area contributed by atoms with Gasteiger partial charge in [-0.05, 0) is 36.4 Å². The van der Waals surface area contributed by atoms with Crippen LogP contribution in [0.15, 0.2) is 46.4 Å². The van der Waals surface area contributed by atoms with Crippen LogP contribution in [0.4, 0.5) is 5.69 Å². The van der Waals surface area contributed by atoms with Crippen LogP contribution >= 0.6 is 15.9 Å². The Kier molecular flexibility index (Phi) is 4.76. The van der Waals surface area contributed by atoms with E-state index in [1.807, 2.05) is 24.3 Å². The maximum absolute atomic E-state index is 12.6. The zero-order valence-corrected chi connectivity index (χ0v) is 14.8. The third-order valence-electron chi connectivity index (χ3n) is 3.63. The van der Waals surface area contributed by atoms with E-state index in [0.29, 0.717) is 22.8 Å². The number of anilines is 1. The van der Waals surface area contributed by atoms with Crippen LogP contribution in [0, 0.1) is 0 Å². The Hall–Kier alpha value is -2.47. The molecule has 1 heterocycles. The van der Waals surface area contributed by atoms with E-state index >= 15 is 0 Å². The molecule has 1 N–H and O–H groups in total. The minimum Gasteiger partial charge on any atom is -0.497 e. The van der Waals surface area contributed by atoms with E-state index in [0.717, 1.165) is 15.8 Å². The lowest BCUT2D eigenvalue weighted by Crippen LogP contribution is -2.21. The summed E-state index contributed by atoms with van der Waals surface area (Å²) >= 11 is 3.42. The van der Waals surface area contributed by atoms with Crippen LogP contribution in [0.1, 0.15) is 5.56 Å². The number of methoxy groups -OCH3 is 2. The molecule has 2 aromatic rings. The molecule has 0 unspecified atom stereocenters. The summed E-state index contributed by atoms with van der Waals surface area (Å²) in [5.41, 5.74) is 1.94. The lowest BCUT2D eigenvalue weighted by Gasteiger charge is -2.18. The van der Waals surface area contributed by atoms with Gasteiger partial charge in [-0.3, -0.25) is 4.79 Å². The first-order chi connectivity index (χ1) is 11.6. The number of rotatable bonds is 4. The van der Waals surface area contributed by atoms with Crippen molar-refractivity contribution in [2.24, 2.45) is 0 Å². The van der Waals surface area contributed by atoms with E-state index in [1.165, 1.54) is 0 Å². The SMILES string of the molecule is COc1ccc(OC)c(NC(=O)C2=Cc3cc(Br)ccc3OC2)c1. The van der Waals surface area contributed by atoms with Gasteiger partial charge in [0.25, 0.3) is 5.91 Å². The Morgan fingerprint density at radius 2 is 2.00 bits per heavy atom. The van der Waals surface area contributed by atoms with Gasteiger partial charge in [-0.1, -0.05) is 15.9 Å². The van der Waals surface area contributed by atoms with Crippen molar-refractivity contribution in [1.82, 2.24) is 0 Å².